The molecule has 1 aliphatic heterocycles. The smallest absolute Gasteiger partial charge is 0.413 e. The Morgan fingerprint density at radius 3 is 2.96 bits per heavy atom. The van der Waals surface area contributed by atoms with Crippen LogP contribution < -0.4 is 10.6 Å². The second-order valence-electron chi connectivity index (χ2n) is 7.90. The number of amides is 2. The predicted molar refractivity (Wildman–Crippen MR) is 107 cm³/mol. The lowest BCUT2D eigenvalue weighted by Crippen LogP contribution is -2.27. The highest BCUT2D eigenvalue weighted by Crippen LogP contribution is 2.34. The highest BCUT2D eigenvalue weighted by molar-refractivity contribution is 6.04. The molecule has 0 bridgehead atoms. The standard InChI is InChI=1S/C21H22N4O3/c1-21(2,3)28-20(27)23-18-15-11-12(8-9-17(15)24-25-18)10-14-13-6-4-5-7-16(13)22-19(14)26/h4-5,7-11,13H,6H2,1-3H3,(H,22,26)(H2,23,24,25,27)/b14-10+. The zero-order valence-corrected chi connectivity index (χ0v) is 16.0. The third-order valence-electron chi connectivity index (χ3n) is 4.58. The van der Waals surface area contributed by atoms with Gasteiger partial charge in [-0.1, -0.05) is 18.2 Å². The monoisotopic (exact) mass is 378 g/mol. The number of fused-ring (bicyclic) bond motifs is 2. The van der Waals surface area contributed by atoms with Gasteiger partial charge in [-0.05, 0) is 57.0 Å². The minimum atomic E-state index is -0.596. The molecule has 144 valence electrons. The van der Waals surface area contributed by atoms with Gasteiger partial charge in [0.25, 0.3) is 5.91 Å². The van der Waals surface area contributed by atoms with Gasteiger partial charge in [-0.2, -0.15) is 5.10 Å². The van der Waals surface area contributed by atoms with Gasteiger partial charge >= 0.3 is 6.09 Å². The van der Waals surface area contributed by atoms with Gasteiger partial charge < -0.3 is 10.1 Å². The molecule has 2 aromatic rings. The van der Waals surface area contributed by atoms with Crippen LogP contribution in [0.4, 0.5) is 10.6 Å². The summed E-state index contributed by atoms with van der Waals surface area (Å²) in [5, 5.41) is 13.4. The van der Waals surface area contributed by atoms with Crippen molar-refractivity contribution in [2.24, 2.45) is 5.92 Å². The Labute approximate surface area is 162 Å². The van der Waals surface area contributed by atoms with Crippen molar-refractivity contribution in [2.75, 3.05) is 5.32 Å². The topological polar surface area (TPSA) is 96.1 Å². The quantitative estimate of drug-likeness (QED) is 0.691. The van der Waals surface area contributed by atoms with Crippen molar-refractivity contribution in [3.05, 3.63) is 53.3 Å². The molecule has 7 nitrogen and oxygen atoms in total. The molecule has 1 aliphatic carbocycles. The lowest BCUT2D eigenvalue weighted by Gasteiger charge is -2.19. The fourth-order valence-corrected chi connectivity index (χ4v) is 3.38. The SMILES string of the molecule is CC(C)(C)OC(=O)Nc1n[nH]c2ccc(/C=C3/C(=O)NC4=CC=CCC43)cc12. The second-order valence-corrected chi connectivity index (χ2v) is 7.90. The summed E-state index contributed by atoms with van der Waals surface area (Å²) in [6.45, 7) is 5.40. The van der Waals surface area contributed by atoms with E-state index in [-0.39, 0.29) is 11.8 Å². The fourth-order valence-electron chi connectivity index (χ4n) is 3.38. The minimum Gasteiger partial charge on any atom is -0.444 e. The second kappa shape index (κ2) is 6.67. The van der Waals surface area contributed by atoms with Crippen LogP contribution in [0.2, 0.25) is 0 Å². The number of hydrogen-bond donors (Lipinski definition) is 3. The van der Waals surface area contributed by atoms with Crippen LogP contribution in [0.15, 0.2) is 47.7 Å². The first-order valence-electron chi connectivity index (χ1n) is 9.18. The van der Waals surface area contributed by atoms with Crippen molar-refractivity contribution >= 4 is 34.8 Å². The molecular formula is C21H22N4O3. The summed E-state index contributed by atoms with van der Waals surface area (Å²) < 4.78 is 5.29. The van der Waals surface area contributed by atoms with Crippen LogP contribution in [0.5, 0.6) is 0 Å². The number of hydrogen-bond acceptors (Lipinski definition) is 4. The zero-order valence-electron chi connectivity index (χ0n) is 16.0. The third-order valence-corrected chi connectivity index (χ3v) is 4.58. The van der Waals surface area contributed by atoms with Crippen LogP contribution in [0.3, 0.4) is 0 Å². The van der Waals surface area contributed by atoms with Gasteiger partial charge in [0.2, 0.25) is 0 Å². The molecule has 2 heterocycles. The minimum absolute atomic E-state index is 0.0666. The molecular weight excluding hydrogens is 356 g/mol. The Balaban J connectivity index is 1.63. The zero-order chi connectivity index (χ0) is 19.9. The summed E-state index contributed by atoms with van der Waals surface area (Å²) in [7, 11) is 0. The number of nitrogens with one attached hydrogen (secondary N) is 3. The van der Waals surface area contributed by atoms with E-state index >= 15 is 0 Å². The molecule has 4 rings (SSSR count). The van der Waals surface area contributed by atoms with Crippen LogP contribution in [0.25, 0.3) is 17.0 Å². The van der Waals surface area contributed by atoms with Gasteiger partial charge in [0.15, 0.2) is 5.82 Å². The number of rotatable bonds is 2. The van der Waals surface area contributed by atoms with Crippen molar-refractivity contribution in [1.82, 2.24) is 15.5 Å². The van der Waals surface area contributed by atoms with Crippen LogP contribution >= 0.6 is 0 Å². The van der Waals surface area contributed by atoms with Crippen molar-refractivity contribution in [2.45, 2.75) is 32.8 Å². The molecule has 7 heteroatoms. The maximum atomic E-state index is 12.4. The normalized spacial score (nSPS) is 20.1. The van der Waals surface area contributed by atoms with Crippen LogP contribution in [-0.2, 0) is 9.53 Å². The van der Waals surface area contributed by atoms with Crippen LogP contribution in [-0.4, -0.2) is 27.8 Å². The molecule has 0 saturated carbocycles. The van der Waals surface area contributed by atoms with E-state index in [4.69, 9.17) is 4.74 Å². The molecule has 2 amide bonds. The van der Waals surface area contributed by atoms with Gasteiger partial charge in [0.1, 0.15) is 5.60 Å². The number of aromatic amines is 1. The molecule has 3 N–H and O–H groups in total. The number of nitrogens with zero attached hydrogens (tertiary/aromatic N) is 1. The molecule has 1 unspecified atom stereocenters. The Morgan fingerprint density at radius 1 is 1.36 bits per heavy atom. The largest absolute Gasteiger partial charge is 0.444 e. The summed E-state index contributed by atoms with van der Waals surface area (Å²) in [6.07, 6.45) is 8.09. The Kier molecular flexibility index (Phi) is 4.30. The van der Waals surface area contributed by atoms with E-state index in [1.165, 1.54) is 0 Å². The molecule has 0 spiro atoms. The Hall–Kier alpha value is -3.35. The average Bonchev–Trinajstić information content (AvgIpc) is 3.15. The van der Waals surface area contributed by atoms with Crippen LogP contribution in [0, 0.1) is 5.92 Å². The van der Waals surface area contributed by atoms with Crippen molar-refractivity contribution in [1.29, 1.82) is 0 Å². The first-order valence-corrected chi connectivity index (χ1v) is 9.18. The summed E-state index contributed by atoms with van der Waals surface area (Å²) in [4.78, 5) is 24.4. The predicted octanol–water partition coefficient (Wildman–Crippen LogP) is 3.88. The number of carbonyl (C=O) groups excluding carboxylic acids is 2. The average molecular weight is 378 g/mol. The number of H-pyrrole nitrogens is 1. The maximum absolute atomic E-state index is 12.4. The van der Waals surface area contributed by atoms with E-state index in [0.717, 1.165) is 34.2 Å². The van der Waals surface area contributed by atoms with Crippen molar-refractivity contribution < 1.29 is 14.3 Å². The van der Waals surface area contributed by atoms with E-state index in [9.17, 15) is 9.59 Å². The van der Waals surface area contributed by atoms with Gasteiger partial charge in [0, 0.05) is 22.6 Å². The molecule has 1 aromatic heterocycles. The molecule has 1 saturated heterocycles. The molecule has 28 heavy (non-hydrogen) atoms. The highest BCUT2D eigenvalue weighted by Gasteiger charge is 2.32. The summed E-state index contributed by atoms with van der Waals surface area (Å²) in [5.74, 6) is 0.387. The fraction of sp³-hybridized carbons (Fsp3) is 0.286. The van der Waals surface area contributed by atoms with E-state index < -0.39 is 11.7 Å². The lowest BCUT2D eigenvalue weighted by molar-refractivity contribution is -0.115. The van der Waals surface area contributed by atoms with E-state index in [1.807, 2.05) is 36.4 Å². The number of allylic oxidation sites excluding steroid dienone is 4. The molecule has 1 atom stereocenters. The van der Waals surface area contributed by atoms with E-state index in [0.29, 0.717) is 5.82 Å². The first kappa shape index (κ1) is 18.0. The number of anilines is 1. The third kappa shape index (κ3) is 3.55. The van der Waals surface area contributed by atoms with Crippen molar-refractivity contribution in [3.63, 3.8) is 0 Å². The summed E-state index contributed by atoms with van der Waals surface area (Å²) >= 11 is 0. The Bertz CT molecular complexity index is 1050. The molecule has 2 aliphatic rings. The van der Waals surface area contributed by atoms with Gasteiger partial charge in [0.05, 0.1) is 5.52 Å². The Morgan fingerprint density at radius 2 is 2.18 bits per heavy atom. The van der Waals surface area contributed by atoms with Gasteiger partial charge in [-0.25, -0.2) is 4.79 Å². The number of benzene rings is 1. The van der Waals surface area contributed by atoms with E-state index in [2.05, 4.69) is 26.9 Å². The number of carbonyl (C=O) groups is 2. The van der Waals surface area contributed by atoms with E-state index in [1.54, 1.807) is 20.8 Å². The summed E-state index contributed by atoms with van der Waals surface area (Å²) in [5.41, 5.74) is 2.73. The highest BCUT2D eigenvalue weighted by atomic mass is 16.6. The number of aromatic nitrogens is 2. The molecule has 1 fully saturated rings. The van der Waals surface area contributed by atoms with Crippen molar-refractivity contribution in [3.8, 4) is 0 Å². The lowest BCUT2D eigenvalue weighted by atomic mass is 9.91. The molecule has 0 radical (unpaired) electrons. The first-order chi connectivity index (χ1) is 13.3. The van der Waals surface area contributed by atoms with Gasteiger partial charge in [-0.3, -0.25) is 15.2 Å². The molecule has 1 aromatic carbocycles. The maximum Gasteiger partial charge on any atom is 0.413 e. The van der Waals surface area contributed by atoms with Gasteiger partial charge in [-0.15, -0.1) is 0 Å². The summed E-state index contributed by atoms with van der Waals surface area (Å²) in [6, 6.07) is 5.68. The van der Waals surface area contributed by atoms with Crippen LogP contribution in [0.1, 0.15) is 32.8 Å². The number of ether oxygens (including phenoxy) is 1.